The van der Waals surface area contributed by atoms with Crippen LogP contribution in [0, 0.1) is 0 Å². The Morgan fingerprint density at radius 1 is 1.22 bits per heavy atom. The Bertz CT molecular complexity index is 470. The molecular formula is C13H14N2O3. The maximum absolute atomic E-state index is 12.2. The van der Waals surface area contributed by atoms with Gasteiger partial charge in [-0.25, -0.2) is 9.69 Å². The summed E-state index contributed by atoms with van der Waals surface area (Å²) in [5.41, 5.74) is 0.616. The van der Waals surface area contributed by atoms with E-state index in [1.165, 1.54) is 4.90 Å². The average Bonchev–Trinajstić information content (AvgIpc) is 3.15. The van der Waals surface area contributed by atoms with Gasteiger partial charge in [-0.1, -0.05) is 18.2 Å². The van der Waals surface area contributed by atoms with Crippen LogP contribution >= 0.6 is 0 Å². The first-order valence-electron chi connectivity index (χ1n) is 6.07. The normalized spacial score (nSPS) is 26.3. The zero-order valence-corrected chi connectivity index (χ0v) is 9.83. The highest BCUT2D eigenvalue weighted by Crippen LogP contribution is 2.23. The zero-order chi connectivity index (χ0) is 12.5. The summed E-state index contributed by atoms with van der Waals surface area (Å²) >= 11 is 0. The standard InChI is InChI=1S/C13H14N2O3/c16-12-11(7-6-10-8-18-10)14-13(17)15(12)9-4-2-1-3-5-9/h1-5,10-11H,6-8H2,(H,14,17). The molecule has 2 saturated heterocycles. The number of hydrogen-bond acceptors (Lipinski definition) is 3. The Morgan fingerprint density at radius 2 is 1.94 bits per heavy atom. The predicted octanol–water partition coefficient (Wildman–Crippen LogP) is 1.29. The zero-order valence-electron chi connectivity index (χ0n) is 9.83. The van der Waals surface area contributed by atoms with Gasteiger partial charge >= 0.3 is 6.03 Å². The van der Waals surface area contributed by atoms with E-state index in [0.29, 0.717) is 12.1 Å². The number of amides is 3. The number of imide groups is 1. The quantitative estimate of drug-likeness (QED) is 0.643. The van der Waals surface area contributed by atoms with Crippen molar-refractivity contribution in [3.8, 4) is 0 Å². The van der Waals surface area contributed by atoms with Crippen LogP contribution in [0.1, 0.15) is 12.8 Å². The lowest BCUT2D eigenvalue weighted by Crippen LogP contribution is -2.31. The molecule has 2 unspecified atom stereocenters. The van der Waals surface area contributed by atoms with Crippen LogP contribution in [0.5, 0.6) is 0 Å². The molecule has 2 aliphatic heterocycles. The van der Waals surface area contributed by atoms with Gasteiger partial charge in [0.1, 0.15) is 6.04 Å². The number of anilines is 1. The van der Waals surface area contributed by atoms with E-state index < -0.39 is 6.04 Å². The number of para-hydroxylation sites is 1. The van der Waals surface area contributed by atoms with Gasteiger partial charge in [-0.2, -0.15) is 0 Å². The van der Waals surface area contributed by atoms with Crippen molar-refractivity contribution in [1.29, 1.82) is 0 Å². The molecule has 2 atom stereocenters. The fourth-order valence-corrected chi connectivity index (χ4v) is 2.14. The van der Waals surface area contributed by atoms with Crippen LogP contribution in [-0.2, 0) is 9.53 Å². The molecule has 1 aromatic rings. The molecular weight excluding hydrogens is 232 g/mol. The molecule has 0 aliphatic carbocycles. The molecule has 1 N–H and O–H groups in total. The monoisotopic (exact) mass is 246 g/mol. The smallest absolute Gasteiger partial charge is 0.329 e. The van der Waals surface area contributed by atoms with Gasteiger partial charge in [0, 0.05) is 0 Å². The Balaban J connectivity index is 1.71. The summed E-state index contributed by atoms with van der Waals surface area (Å²) in [5.74, 6) is -0.174. The molecule has 3 rings (SSSR count). The third-order valence-corrected chi connectivity index (χ3v) is 3.21. The van der Waals surface area contributed by atoms with Gasteiger partial charge in [-0.05, 0) is 25.0 Å². The number of benzene rings is 1. The number of ether oxygens (including phenoxy) is 1. The van der Waals surface area contributed by atoms with E-state index in [1.54, 1.807) is 24.3 Å². The fourth-order valence-electron chi connectivity index (χ4n) is 2.14. The molecule has 0 radical (unpaired) electrons. The summed E-state index contributed by atoms with van der Waals surface area (Å²) < 4.78 is 5.10. The molecule has 3 amide bonds. The van der Waals surface area contributed by atoms with E-state index >= 15 is 0 Å². The van der Waals surface area contributed by atoms with Crippen molar-refractivity contribution in [2.75, 3.05) is 11.5 Å². The van der Waals surface area contributed by atoms with Gasteiger partial charge in [-0.3, -0.25) is 4.79 Å². The van der Waals surface area contributed by atoms with Gasteiger partial charge in [0.05, 0.1) is 18.4 Å². The first-order valence-corrected chi connectivity index (χ1v) is 6.07. The highest BCUT2D eigenvalue weighted by atomic mass is 16.6. The third kappa shape index (κ3) is 2.09. The minimum Gasteiger partial charge on any atom is -0.373 e. The first kappa shape index (κ1) is 11.2. The number of epoxide rings is 1. The molecule has 0 spiro atoms. The Morgan fingerprint density at radius 3 is 2.61 bits per heavy atom. The maximum atomic E-state index is 12.2. The number of carbonyl (C=O) groups excluding carboxylic acids is 2. The van der Waals surface area contributed by atoms with E-state index in [4.69, 9.17) is 4.74 Å². The maximum Gasteiger partial charge on any atom is 0.329 e. The molecule has 1 aromatic carbocycles. The lowest BCUT2D eigenvalue weighted by Gasteiger charge is -2.12. The highest BCUT2D eigenvalue weighted by molar-refractivity contribution is 6.21. The molecule has 94 valence electrons. The van der Waals surface area contributed by atoms with E-state index in [0.717, 1.165) is 13.0 Å². The first-order chi connectivity index (χ1) is 8.75. The van der Waals surface area contributed by atoms with E-state index in [2.05, 4.69) is 5.32 Å². The van der Waals surface area contributed by atoms with Crippen molar-refractivity contribution in [3.05, 3.63) is 30.3 Å². The van der Waals surface area contributed by atoms with Crippen LogP contribution in [0.25, 0.3) is 0 Å². The van der Waals surface area contributed by atoms with Gasteiger partial charge < -0.3 is 10.1 Å². The number of rotatable bonds is 4. The van der Waals surface area contributed by atoms with Crippen molar-refractivity contribution >= 4 is 17.6 Å². The molecule has 5 heteroatoms. The van der Waals surface area contributed by atoms with Crippen molar-refractivity contribution in [2.24, 2.45) is 0 Å². The minimum absolute atomic E-state index is 0.174. The summed E-state index contributed by atoms with van der Waals surface area (Å²) in [7, 11) is 0. The van der Waals surface area contributed by atoms with Crippen LogP contribution in [0.2, 0.25) is 0 Å². The number of nitrogens with one attached hydrogen (secondary N) is 1. The van der Waals surface area contributed by atoms with Crippen LogP contribution in [0.15, 0.2) is 30.3 Å². The molecule has 0 saturated carbocycles. The number of hydrogen-bond donors (Lipinski definition) is 1. The Hall–Kier alpha value is -1.88. The lowest BCUT2D eigenvalue weighted by atomic mass is 10.1. The van der Waals surface area contributed by atoms with Crippen molar-refractivity contribution in [2.45, 2.75) is 25.0 Å². The van der Waals surface area contributed by atoms with Crippen LogP contribution < -0.4 is 10.2 Å². The number of nitrogens with zero attached hydrogens (tertiary/aromatic N) is 1. The van der Waals surface area contributed by atoms with Crippen LogP contribution in [0.4, 0.5) is 10.5 Å². The van der Waals surface area contributed by atoms with Gasteiger partial charge in [0.25, 0.3) is 5.91 Å². The Labute approximate surface area is 105 Å². The number of urea groups is 1. The SMILES string of the molecule is O=C1NC(CCC2CO2)C(=O)N1c1ccccc1. The molecule has 0 bridgehead atoms. The largest absolute Gasteiger partial charge is 0.373 e. The van der Waals surface area contributed by atoms with Crippen LogP contribution in [-0.4, -0.2) is 30.7 Å². The molecule has 5 nitrogen and oxygen atoms in total. The summed E-state index contributed by atoms with van der Waals surface area (Å²) in [4.78, 5) is 25.2. The molecule has 2 aliphatic rings. The van der Waals surface area contributed by atoms with Gasteiger partial charge in [0.15, 0.2) is 0 Å². The van der Waals surface area contributed by atoms with Crippen LogP contribution in [0.3, 0.4) is 0 Å². The van der Waals surface area contributed by atoms with Gasteiger partial charge in [0.2, 0.25) is 0 Å². The second-order valence-corrected chi connectivity index (χ2v) is 4.54. The highest BCUT2D eigenvalue weighted by Gasteiger charge is 2.39. The van der Waals surface area contributed by atoms with Crippen molar-refractivity contribution in [1.82, 2.24) is 5.32 Å². The van der Waals surface area contributed by atoms with E-state index in [1.807, 2.05) is 6.07 Å². The predicted molar refractivity (Wildman–Crippen MR) is 65.2 cm³/mol. The summed E-state index contributed by atoms with van der Waals surface area (Å²) in [6.07, 6.45) is 1.73. The topological polar surface area (TPSA) is 61.9 Å². The number of carbonyl (C=O) groups is 2. The molecule has 18 heavy (non-hydrogen) atoms. The van der Waals surface area contributed by atoms with Crippen molar-refractivity contribution in [3.63, 3.8) is 0 Å². The second-order valence-electron chi connectivity index (χ2n) is 4.54. The third-order valence-electron chi connectivity index (χ3n) is 3.21. The summed E-state index contributed by atoms with van der Waals surface area (Å²) in [6.45, 7) is 0.775. The average molecular weight is 246 g/mol. The lowest BCUT2D eigenvalue weighted by molar-refractivity contribution is -0.118. The molecule has 0 aromatic heterocycles. The minimum atomic E-state index is -0.415. The molecule has 2 heterocycles. The van der Waals surface area contributed by atoms with Crippen molar-refractivity contribution < 1.29 is 14.3 Å². The molecule has 2 fully saturated rings. The van der Waals surface area contributed by atoms with E-state index in [9.17, 15) is 9.59 Å². The summed E-state index contributed by atoms with van der Waals surface area (Å²) in [6, 6.07) is 8.22. The summed E-state index contributed by atoms with van der Waals surface area (Å²) in [5, 5.41) is 2.72. The second kappa shape index (κ2) is 4.42. The fraction of sp³-hybridized carbons (Fsp3) is 0.385. The van der Waals surface area contributed by atoms with E-state index in [-0.39, 0.29) is 18.0 Å². The Kier molecular flexibility index (Phi) is 2.76. The van der Waals surface area contributed by atoms with Gasteiger partial charge in [-0.15, -0.1) is 0 Å².